The van der Waals surface area contributed by atoms with Gasteiger partial charge in [-0.1, -0.05) is 202 Å². The van der Waals surface area contributed by atoms with Crippen molar-refractivity contribution in [3.05, 3.63) is 252 Å². The van der Waals surface area contributed by atoms with Gasteiger partial charge in [-0.2, -0.15) is 0 Å². The highest BCUT2D eigenvalue weighted by molar-refractivity contribution is 6.10. The van der Waals surface area contributed by atoms with Gasteiger partial charge in [-0.15, -0.1) is 0 Å². The molecule has 4 nitrogen and oxygen atoms in total. The Bertz CT molecular complexity index is 3570. The van der Waals surface area contributed by atoms with Gasteiger partial charge in [0.25, 0.3) is 0 Å². The summed E-state index contributed by atoms with van der Waals surface area (Å²) in [6, 6.07) is 79.1. The summed E-state index contributed by atoms with van der Waals surface area (Å²) in [5.41, 5.74) is 18.0. The zero-order chi connectivity index (χ0) is 43.3. The van der Waals surface area contributed by atoms with Crippen molar-refractivity contribution < 1.29 is 0 Å². The zero-order valence-corrected chi connectivity index (χ0v) is 36.1. The molecule has 0 aliphatic heterocycles. The predicted molar refractivity (Wildman–Crippen MR) is 265 cm³/mol. The van der Waals surface area contributed by atoms with E-state index in [2.05, 4.69) is 200 Å². The van der Waals surface area contributed by atoms with Gasteiger partial charge in [-0.25, -0.2) is 15.0 Å². The normalized spacial score (nSPS) is 13.9. The Balaban J connectivity index is 1.11. The highest BCUT2D eigenvalue weighted by atomic mass is 15.0. The van der Waals surface area contributed by atoms with E-state index < -0.39 is 5.41 Å². The van der Waals surface area contributed by atoms with Crippen molar-refractivity contribution >= 4 is 21.8 Å². The lowest BCUT2D eigenvalue weighted by molar-refractivity contribution is 0.563. The second kappa shape index (κ2) is 14.2. The molecule has 2 aliphatic rings. The summed E-state index contributed by atoms with van der Waals surface area (Å²) >= 11 is 0. The number of hydrogen-bond donors (Lipinski definition) is 0. The molecule has 0 N–H and O–H groups in total. The molecule has 4 heteroatoms. The summed E-state index contributed by atoms with van der Waals surface area (Å²) in [5.74, 6) is 1.94. The summed E-state index contributed by atoms with van der Waals surface area (Å²) in [7, 11) is 0. The third-order valence-corrected chi connectivity index (χ3v) is 14.1. The van der Waals surface area contributed by atoms with E-state index in [1.807, 2.05) is 36.4 Å². The second-order valence-corrected chi connectivity index (χ2v) is 17.9. The van der Waals surface area contributed by atoms with Crippen LogP contribution >= 0.6 is 0 Å². The molecule has 11 aromatic rings. The van der Waals surface area contributed by atoms with E-state index in [1.54, 1.807) is 0 Å². The molecule has 0 saturated heterocycles. The maximum Gasteiger partial charge on any atom is 0.164 e. The SMILES string of the molecule is CC1(C)c2ccccc2C2(c3ccc(-c4ccc5c6ccccc6n(-c6ccccc6)c5c4)cc3-c3c(-c4nc(-c5ccccc5)nc(-c5ccccc5)n4)cccc32)c2ccccc21. The van der Waals surface area contributed by atoms with Crippen LogP contribution in [0.5, 0.6) is 0 Å². The van der Waals surface area contributed by atoms with Crippen molar-refractivity contribution in [1.82, 2.24) is 19.5 Å². The van der Waals surface area contributed by atoms with Gasteiger partial charge >= 0.3 is 0 Å². The topological polar surface area (TPSA) is 43.6 Å². The predicted octanol–water partition coefficient (Wildman–Crippen LogP) is 14.6. The third kappa shape index (κ3) is 5.41. The van der Waals surface area contributed by atoms with Crippen LogP contribution in [0.2, 0.25) is 0 Å². The standard InChI is InChI=1S/C61H42N4/c1-60(2)49-27-13-15-29-51(49)61(52-30-16-14-28-50(52)60)48-36-34-41(42-33-35-45-44-25-12-17-32-54(44)65(55(45)38-42)43-23-10-5-11-24-43)37-47(48)56-46(26-18-31-53(56)61)59-63-57(39-19-6-3-7-20-39)62-58(64-59)40-21-8-4-9-22-40/h3-38H,1-2H3. The van der Waals surface area contributed by atoms with E-state index in [9.17, 15) is 0 Å². The second-order valence-electron chi connectivity index (χ2n) is 17.9. The molecule has 1 spiro atoms. The van der Waals surface area contributed by atoms with Crippen molar-refractivity contribution in [3.63, 3.8) is 0 Å². The number of aromatic nitrogens is 4. The molecule has 65 heavy (non-hydrogen) atoms. The maximum atomic E-state index is 5.34. The zero-order valence-electron chi connectivity index (χ0n) is 36.1. The van der Waals surface area contributed by atoms with Gasteiger partial charge in [-0.05, 0) is 86.0 Å². The maximum absolute atomic E-state index is 5.34. The fraction of sp³-hybridized carbons (Fsp3) is 0.0656. The Morgan fingerprint density at radius 1 is 0.338 bits per heavy atom. The van der Waals surface area contributed by atoms with Crippen LogP contribution in [0.1, 0.15) is 47.2 Å². The molecule has 0 unspecified atom stereocenters. The van der Waals surface area contributed by atoms with Gasteiger partial charge < -0.3 is 4.57 Å². The Kier molecular flexibility index (Phi) is 8.13. The number of rotatable bonds is 5. The van der Waals surface area contributed by atoms with E-state index in [0.29, 0.717) is 17.5 Å². The average Bonchev–Trinajstić information content (AvgIpc) is 3.86. The minimum Gasteiger partial charge on any atom is -0.309 e. The molecule has 0 amide bonds. The average molecular weight is 831 g/mol. The lowest BCUT2D eigenvalue weighted by Crippen LogP contribution is -2.40. The smallest absolute Gasteiger partial charge is 0.164 e. The first-order chi connectivity index (χ1) is 32.0. The molecule has 2 aromatic heterocycles. The molecule has 0 bridgehead atoms. The van der Waals surface area contributed by atoms with Crippen molar-refractivity contribution in [2.24, 2.45) is 0 Å². The molecule has 306 valence electrons. The summed E-state index contributed by atoms with van der Waals surface area (Å²) in [4.78, 5) is 15.8. The molecular formula is C61H42N4. The van der Waals surface area contributed by atoms with Crippen molar-refractivity contribution in [3.8, 4) is 62.1 Å². The van der Waals surface area contributed by atoms with Gasteiger partial charge in [0.15, 0.2) is 17.5 Å². The van der Waals surface area contributed by atoms with Gasteiger partial charge in [-0.3, -0.25) is 0 Å². The summed E-state index contributed by atoms with van der Waals surface area (Å²) < 4.78 is 2.40. The van der Waals surface area contributed by atoms with Crippen molar-refractivity contribution in [2.45, 2.75) is 24.7 Å². The number of nitrogens with zero attached hydrogens (tertiary/aromatic N) is 4. The summed E-state index contributed by atoms with van der Waals surface area (Å²) in [5, 5.41) is 2.48. The van der Waals surface area contributed by atoms with Crippen molar-refractivity contribution in [1.29, 1.82) is 0 Å². The van der Waals surface area contributed by atoms with Crippen LogP contribution in [0.4, 0.5) is 0 Å². The monoisotopic (exact) mass is 830 g/mol. The molecule has 0 fully saturated rings. The fourth-order valence-corrected chi connectivity index (χ4v) is 11.3. The Morgan fingerprint density at radius 3 is 1.51 bits per heavy atom. The van der Waals surface area contributed by atoms with Crippen LogP contribution in [0.15, 0.2) is 218 Å². The molecule has 0 radical (unpaired) electrons. The molecular weight excluding hydrogens is 789 g/mol. The first kappa shape index (κ1) is 37.4. The number of para-hydroxylation sites is 2. The highest BCUT2D eigenvalue weighted by Crippen LogP contribution is 2.63. The third-order valence-electron chi connectivity index (χ3n) is 14.1. The lowest BCUT2D eigenvalue weighted by atomic mass is 9.55. The quantitative estimate of drug-likeness (QED) is 0.174. The Labute approximate surface area is 378 Å². The molecule has 2 heterocycles. The van der Waals surface area contributed by atoms with Gasteiger partial charge in [0, 0.05) is 38.6 Å². The minimum atomic E-state index is -0.594. The van der Waals surface area contributed by atoms with Crippen LogP contribution in [0.3, 0.4) is 0 Å². The Morgan fingerprint density at radius 2 is 0.846 bits per heavy atom. The molecule has 13 rings (SSSR count). The molecule has 2 aliphatic carbocycles. The van der Waals surface area contributed by atoms with Crippen LogP contribution in [-0.2, 0) is 10.8 Å². The minimum absolute atomic E-state index is 0.213. The largest absolute Gasteiger partial charge is 0.309 e. The Hall–Kier alpha value is -8.21. The first-order valence-corrected chi connectivity index (χ1v) is 22.4. The van der Waals surface area contributed by atoms with E-state index >= 15 is 0 Å². The van der Waals surface area contributed by atoms with Gasteiger partial charge in [0.05, 0.1) is 16.4 Å². The van der Waals surface area contributed by atoms with E-state index in [-0.39, 0.29) is 5.41 Å². The van der Waals surface area contributed by atoms with Gasteiger partial charge in [0.2, 0.25) is 0 Å². The highest BCUT2D eigenvalue weighted by Gasteiger charge is 2.54. The fourth-order valence-electron chi connectivity index (χ4n) is 11.3. The van der Waals surface area contributed by atoms with Crippen LogP contribution in [-0.4, -0.2) is 19.5 Å². The number of hydrogen-bond acceptors (Lipinski definition) is 3. The van der Waals surface area contributed by atoms with Crippen molar-refractivity contribution in [2.75, 3.05) is 0 Å². The van der Waals surface area contributed by atoms with Crippen LogP contribution in [0.25, 0.3) is 83.9 Å². The van der Waals surface area contributed by atoms with E-state index in [0.717, 1.165) is 39.1 Å². The number of benzene rings is 9. The molecule has 0 atom stereocenters. The van der Waals surface area contributed by atoms with Gasteiger partial charge in [0.1, 0.15) is 0 Å². The van der Waals surface area contributed by atoms with E-state index in [1.165, 1.54) is 60.8 Å². The molecule has 9 aromatic carbocycles. The van der Waals surface area contributed by atoms with Crippen LogP contribution < -0.4 is 0 Å². The number of fused-ring (bicyclic) bond motifs is 12. The molecule has 0 saturated carbocycles. The summed E-state index contributed by atoms with van der Waals surface area (Å²) in [6.07, 6.45) is 0. The summed E-state index contributed by atoms with van der Waals surface area (Å²) in [6.45, 7) is 4.75. The van der Waals surface area contributed by atoms with Crippen LogP contribution in [0, 0.1) is 0 Å². The van der Waals surface area contributed by atoms with E-state index in [4.69, 9.17) is 15.0 Å². The lowest BCUT2D eigenvalue weighted by Gasteiger charge is -2.46. The first-order valence-electron chi connectivity index (χ1n) is 22.4.